The highest BCUT2D eigenvalue weighted by atomic mass is 79.9. The Morgan fingerprint density at radius 2 is 2.11 bits per heavy atom. The fraction of sp³-hybridized carbons (Fsp3) is 0.333. The highest BCUT2D eigenvalue weighted by Gasteiger charge is 2.30. The van der Waals surface area contributed by atoms with E-state index in [2.05, 4.69) is 32.8 Å². The van der Waals surface area contributed by atoms with E-state index < -0.39 is 0 Å². The van der Waals surface area contributed by atoms with Crippen molar-refractivity contribution in [3.63, 3.8) is 0 Å². The van der Waals surface area contributed by atoms with Crippen LogP contribution in [0.3, 0.4) is 0 Å². The molecule has 1 fully saturated rings. The molecule has 1 aliphatic rings. The average Bonchev–Trinajstić information content (AvgIpc) is 3.08. The Kier molecular flexibility index (Phi) is 6.29. The summed E-state index contributed by atoms with van der Waals surface area (Å²) < 4.78 is 7.12. The summed E-state index contributed by atoms with van der Waals surface area (Å²) in [5.74, 6) is 0.00932. The second-order valence-electron chi connectivity index (χ2n) is 6.92. The summed E-state index contributed by atoms with van der Waals surface area (Å²) in [6, 6.07) is 9.77. The molecule has 0 bridgehead atoms. The van der Waals surface area contributed by atoms with Gasteiger partial charge in [0.2, 0.25) is 0 Å². The number of halogens is 1. The van der Waals surface area contributed by atoms with Gasteiger partial charge in [0.1, 0.15) is 5.82 Å². The lowest BCUT2D eigenvalue weighted by Crippen LogP contribution is -2.41. The minimum atomic E-state index is -0.216. The first-order chi connectivity index (χ1) is 12.9. The topological polar surface area (TPSA) is 77.2 Å². The molecule has 0 aliphatic heterocycles. The number of carbonyl (C=O) groups excluding carboxylic acids is 1. The quantitative estimate of drug-likeness (QED) is 0.716. The van der Waals surface area contributed by atoms with E-state index in [0.29, 0.717) is 12.2 Å². The summed E-state index contributed by atoms with van der Waals surface area (Å²) in [7, 11) is 0. The molecular weight excluding hydrogens is 406 g/mol. The number of nitrogens with one attached hydrogen (secondary N) is 1. The molecule has 2 atom stereocenters. The fourth-order valence-corrected chi connectivity index (χ4v) is 3.48. The maximum atomic E-state index is 12.7. The molecule has 1 aromatic heterocycles. The van der Waals surface area contributed by atoms with Gasteiger partial charge in [-0.3, -0.25) is 4.79 Å². The molecule has 0 spiro atoms. The molecule has 1 aliphatic carbocycles. The van der Waals surface area contributed by atoms with Crippen LogP contribution in [0.5, 0.6) is 0 Å². The summed E-state index contributed by atoms with van der Waals surface area (Å²) in [5, 5.41) is 3.08. The van der Waals surface area contributed by atoms with Crippen LogP contribution >= 0.6 is 15.9 Å². The maximum Gasteiger partial charge on any atom is 0.255 e. The van der Waals surface area contributed by atoms with E-state index in [1.807, 2.05) is 31.2 Å². The fourth-order valence-electron chi connectivity index (χ4n) is 3.21. The molecule has 27 heavy (non-hydrogen) atoms. The number of rotatable bonds is 6. The summed E-state index contributed by atoms with van der Waals surface area (Å²) in [6.07, 6.45) is 4.48. The molecule has 1 saturated carbocycles. The number of allylic oxidation sites excluding steroid dienone is 1. The summed E-state index contributed by atoms with van der Waals surface area (Å²) in [5.41, 5.74) is 9.05. The third kappa shape index (κ3) is 4.96. The molecule has 1 heterocycles. The van der Waals surface area contributed by atoms with Gasteiger partial charge in [0, 0.05) is 10.7 Å². The second kappa shape index (κ2) is 8.67. The zero-order valence-electron chi connectivity index (χ0n) is 15.4. The van der Waals surface area contributed by atoms with E-state index in [9.17, 15) is 4.79 Å². The predicted octanol–water partition coefficient (Wildman–Crippen LogP) is 4.33. The van der Waals surface area contributed by atoms with Gasteiger partial charge in [-0.25, -0.2) is 4.98 Å². The maximum absolute atomic E-state index is 12.7. The van der Waals surface area contributed by atoms with E-state index in [1.165, 1.54) is 0 Å². The number of hydrogen-bond donors (Lipinski definition) is 2. The number of ether oxygens (including phenoxy) is 1. The van der Waals surface area contributed by atoms with Crippen molar-refractivity contribution in [1.29, 1.82) is 0 Å². The number of carbonyl (C=O) groups is 1. The Morgan fingerprint density at radius 3 is 2.81 bits per heavy atom. The molecule has 1 amide bonds. The van der Waals surface area contributed by atoms with Gasteiger partial charge in [0.15, 0.2) is 0 Å². The first-order valence-corrected chi connectivity index (χ1v) is 9.81. The van der Waals surface area contributed by atoms with Crippen molar-refractivity contribution in [2.24, 2.45) is 0 Å². The highest BCUT2D eigenvalue weighted by Crippen LogP contribution is 2.25. The average molecular weight is 430 g/mol. The molecule has 5 nitrogen and oxygen atoms in total. The Morgan fingerprint density at radius 1 is 1.37 bits per heavy atom. The molecule has 142 valence electrons. The first-order valence-electron chi connectivity index (χ1n) is 9.02. The lowest BCUT2D eigenvalue weighted by atomic mass is 10.1. The van der Waals surface area contributed by atoms with Gasteiger partial charge in [-0.15, -0.1) is 0 Å². The van der Waals surface area contributed by atoms with Crippen LogP contribution in [-0.4, -0.2) is 23.0 Å². The van der Waals surface area contributed by atoms with E-state index in [0.717, 1.165) is 40.4 Å². The Bertz CT molecular complexity index is 836. The standard InChI is InChI=1S/C21H24BrN3O2/c1-13(2)15-10-17(20(23)24-11-15)21(26)25-18-4-3-5-19(18)27-12-14-6-8-16(22)9-7-14/h6-11,18-19H,1,3-5,12H2,2H3,(H2,23,24)(H,25,26)/t18-,19-/m0/s1. The van der Waals surface area contributed by atoms with Gasteiger partial charge < -0.3 is 15.8 Å². The van der Waals surface area contributed by atoms with Crippen LogP contribution in [0.1, 0.15) is 47.7 Å². The largest absolute Gasteiger partial charge is 0.383 e. The molecule has 3 N–H and O–H groups in total. The van der Waals surface area contributed by atoms with Crippen molar-refractivity contribution in [3.8, 4) is 0 Å². The Hall–Kier alpha value is -2.18. The summed E-state index contributed by atoms with van der Waals surface area (Å²) >= 11 is 3.43. The molecule has 1 aromatic carbocycles. The van der Waals surface area contributed by atoms with Crippen LogP contribution < -0.4 is 11.1 Å². The number of nitrogens with zero attached hydrogens (tertiary/aromatic N) is 1. The molecular formula is C21H24BrN3O2. The molecule has 0 unspecified atom stereocenters. The summed E-state index contributed by atoms with van der Waals surface area (Å²) in [6.45, 7) is 6.29. The van der Waals surface area contributed by atoms with Gasteiger partial charge >= 0.3 is 0 Å². The van der Waals surface area contributed by atoms with Gasteiger partial charge in [-0.05, 0) is 61.1 Å². The monoisotopic (exact) mass is 429 g/mol. The predicted molar refractivity (Wildman–Crippen MR) is 111 cm³/mol. The van der Waals surface area contributed by atoms with Crippen molar-refractivity contribution in [2.75, 3.05) is 5.73 Å². The van der Waals surface area contributed by atoms with Crippen LogP contribution in [-0.2, 0) is 11.3 Å². The highest BCUT2D eigenvalue weighted by molar-refractivity contribution is 9.10. The Balaban J connectivity index is 1.63. The number of benzene rings is 1. The SMILES string of the molecule is C=C(C)c1cnc(N)c(C(=O)N[C@H]2CCC[C@@H]2OCc2ccc(Br)cc2)c1. The molecule has 6 heteroatoms. The van der Waals surface area contributed by atoms with Crippen molar-refractivity contribution >= 4 is 33.2 Å². The molecule has 2 aromatic rings. The van der Waals surface area contributed by atoms with Crippen molar-refractivity contribution in [1.82, 2.24) is 10.3 Å². The third-order valence-corrected chi connectivity index (χ3v) is 5.33. The lowest BCUT2D eigenvalue weighted by molar-refractivity contribution is 0.0272. The van der Waals surface area contributed by atoms with Gasteiger partial charge in [-0.2, -0.15) is 0 Å². The van der Waals surface area contributed by atoms with Crippen LogP contribution in [0, 0.1) is 0 Å². The molecule has 3 rings (SSSR count). The van der Waals surface area contributed by atoms with Crippen LogP contribution in [0.2, 0.25) is 0 Å². The lowest BCUT2D eigenvalue weighted by Gasteiger charge is -2.22. The van der Waals surface area contributed by atoms with Gasteiger partial charge in [0.05, 0.1) is 24.3 Å². The van der Waals surface area contributed by atoms with Crippen molar-refractivity contribution in [2.45, 2.75) is 44.9 Å². The van der Waals surface area contributed by atoms with Crippen LogP contribution in [0.4, 0.5) is 5.82 Å². The third-order valence-electron chi connectivity index (χ3n) is 4.80. The summed E-state index contributed by atoms with van der Waals surface area (Å²) in [4.78, 5) is 16.9. The minimum Gasteiger partial charge on any atom is -0.383 e. The number of anilines is 1. The van der Waals surface area contributed by atoms with E-state index >= 15 is 0 Å². The van der Waals surface area contributed by atoms with E-state index in [1.54, 1.807) is 12.3 Å². The van der Waals surface area contributed by atoms with E-state index in [4.69, 9.17) is 10.5 Å². The number of hydrogen-bond acceptors (Lipinski definition) is 4. The van der Waals surface area contributed by atoms with Gasteiger partial charge in [0.25, 0.3) is 5.91 Å². The second-order valence-corrected chi connectivity index (χ2v) is 7.84. The number of amides is 1. The van der Waals surface area contributed by atoms with E-state index in [-0.39, 0.29) is 23.9 Å². The van der Waals surface area contributed by atoms with Gasteiger partial charge in [-0.1, -0.05) is 34.6 Å². The first kappa shape index (κ1) is 19.6. The number of aromatic nitrogens is 1. The molecule has 0 radical (unpaired) electrons. The minimum absolute atomic E-state index is 0.00361. The number of nitrogen functional groups attached to an aromatic ring is 1. The smallest absolute Gasteiger partial charge is 0.255 e. The van der Waals surface area contributed by atoms with Crippen LogP contribution in [0.25, 0.3) is 5.57 Å². The number of nitrogens with two attached hydrogens (primary N) is 1. The van der Waals surface area contributed by atoms with Crippen molar-refractivity contribution in [3.05, 3.63) is 64.3 Å². The Labute approximate surface area is 168 Å². The van der Waals surface area contributed by atoms with Crippen molar-refractivity contribution < 1.29 is 9.53 Å². The molecule has 0 saturated heterocycles. The number of pyridine rings is 1. The van der Waals surface area contributed by atoms with Crippen LogP contribution in [0.15, 0.2) is 47.6 Å². The zero-order valence-corrected chi connectivity index (χ0v) is 17.0. The zero-order chi connectivity index (χ0) is 19.4. The normalized spacial score (nSPS) is 19.0.